The van der Waals surface area contributed by atoms with Crippen molar-refractivity contribution in [1.29, 1.82) is 0 Å². The molecule has 2 heterocycles. The number of halogens is 1. The zero-order chi connectivity index (χ0) is 21.2. The van der Waals surface area contributed by atoms with Gasteiger partial charge in [-0.3, -0.25) is 0 Å². The number of rotatable bonds is 1. The Kier molecular flexibility index (Phi) is 5.94. The molecule has 31 heavy (non-hydrogen) atoms. The van der Waals surface area contributed by atoms with Crippen LogP contribution in [0.3, 0.4) is 0 Å². The maximum Gasteiger partial charge on any atom is 0.265 e. The first-order chi connectivity index (χ1) is 15.3. The minimum Gasteiger partial charge on any atom is -0.453 e. The van der Waals surface area contributed by atoms with Crippen molar-refractivity contribution >= 4 is 37.7 Å². The second-order valence-corrected chi connectivity index (χ2v) is 10.5. The van der Waals surface area contributed by atoms with E-state index in [1.807, 2.05) is 66.7 Å². The second kappa shape index (κ2) is 8.99. The molecule has 0 fully saturated rings. The summed E-state index contributed by atoms with van der Waals surface area (Å²) in [6.07, 6.45) is 0. The third kappa shape index (κ3) is 3.95. The van der Waals surface area contributed by atoms with Crippen molar-refractivity contribution in [3.05, 3.63) is 97.1 Å². The molecular formula is C25H19ClO3P2. The lowest BCUT2D eigenvalue weighted by molar-refractivity contribution is 0.404. The number of hydrogen-bond acceptors (Lipinski definition) is 3. The van der Waals surface area contributed by atoms with E-state index in [1.165, 1.54) is 11.1 Å². The predicted octanol–water partition coefficient (Wildman–Crippen LogP) is 7.25. The van der Waals surface area contributed by atoms with Gasteiger partial charge in [0.05, 0.1) is 5.30 Å². The van der Waals surface area contributed by atoms with Crippen molar-refractivity contribution in [2.24, 2.45) is 0 Å². The van der Waals surface area contributed by atoms with E-state index in [1.54, 1.807) is 7.11 Å². The Morgan fingerprint density at radius 2 is 1.03 bits per heavy atom. The van der Waals surface area contributed by atoms with Crippen LogP contribution < -0.4 is 19.7 Å². The Morgan fingerprint density at radius 3 is 1.65 bits per heavy atom. The molecule has 0 saturated heterocycles. The molecule has 154 valence electrons. The van der Waals surface area contributed by atoms with Crippen LogP contribution in [-0.4, -0.2) is 7.11 Å². The molecule has 0 N–H and O–H groups in total. The normalized spacial score (nSPS) is 17.4. The highest BCUT2D eigenvalue weighted by molar-refractivity contribution is 7.86. The minimum atomic E-state index is -1.02. The lowest BCUT2D eigenvalue weighted by Gasteiger charge is -2.25. The Labute approximate surface area is 189 Å². The Bertz CT molecular complexity index is 1230. The summed E-state index contributed by atoms with van der Waals surface area (Å²) in [5.41, 5.74) is 4.69. The lowest BCUT2D eigenvalue weighted by Crippen LogP contribution is -2.14. The summed E-state index contributed by atoms with van der Waals surface area (Å²) in [6.45, 7) is 0. The van der Waals surface area contributed by atoms with Gasteiger partial charge in [0.15, 0.2) is 0 Å². The van der Waals surface area contributed by atoms with Gasteiger partial charge in [-0.25, -0.2) is 0 Å². The predicted molar refractivity (Wildman–Crippen MR) is 131 cm³/mol. The van der Waals surface area contributed by atoms with E-state index < -0.39 is 15.9 Å². The molecule has 2 atom stereocenters. The van der Waals surface area contributed by atoms with Gasteiger partial charge in [0.1, 0.15) is 11.5 Å². The highest BCUT2D eigenvalue weighted by atomic mass is 35.7. The average molecular weight is 465 g/mol. The van der Waals surface area contributed by atoms with Crippen LogP contribution in [0.2, 0.25) is 0 Å². The number of hydrogen-bond donors (Lipinski definition) is 0. The van der Waals surface area contributed by atoms with Crippen LogP contribution in [0.5, 0.6) is 11.5 Å². The van der Waals surface area contributed by atoms with Crippen LogP contribution in [-0.2, 0) is 4.52 Å². The highest BCUT2D eigenvalue weighted by Gasteiger charge is 2.26. The molecule has 4 aromatic rings. The van der Waals surface area contributed by atoms with Crippen LogP contribution in [0.4, 0.5) is 0 Å². The van der Waals surface area contributed by atoms with Crippen LogP contribution in [0.25, 0.3) is 22.3 Å². The summed E-state index contributed by atoms with van der Waals surface area (Å²) in [7, 11) is -0.303. The van der Waals surface area contributed by atoms with Gasteiger partial charge in [-0.05, 0) is 46.6 Å². The maximum absolute atomic E-state index is 6.22. The van der Waals surface area contributed by atoms with Gasteiger partial charge < -0.3 is 13.6 Å². The fourth-order valence-electron chi connectivity index (χ4n) is 3.66. The SMILES string of the molecule is COP1Oc2ccccc2-c2ccccc21.ClP1Oc2ccccc2-c2ccccc21. The quantitative estimate of drug-likeness (QED) is 0.278. The molecule has 0 aromatic heterocycles. The lowest BCUT2D eigenvalue weighted by atomic mass is 10.0. The molecule has 6 heteroatoms. The van der Waals surface area contributed by atoms with Crippen molar-refractivity contribution in [1.82, 2.24) is 0 Å². The van der Waals surface area contributed by atoms with Gasteiger partial charge in [-0.15, -0.1) is 0 Å². The highest BCUT2D eigenvalue weighted by Crippen LogP contribution is 2.51. The fraction of sp³-hybridized carbons (Fsp3) is 0.0400. The number of fused-ring (bicyclic) bond motifs is 6. The molecule has 2 aliphatic rings. The van der Waals surface area contributed by atoms with E-state index in [0.717, 1.165) is 33.2 Å². The Balaban J connectivity index is 0.000000132. The first kappa shape index (κ1) is 20.5. The average Bonchev–Trinajstić information content (AvgIpc) is 2.84. The molecule has 0 amide bonds. The monoisotopic (exact) mass is 464 g/mol. The zero-order valence-electron chi connectivity index (χ0n) is 16.7. The Morgan fingerprint density at radius 1 is 0.581 bits per heavy atom. The summed E-state index contributed by atoms with van der Waals surface area (Å²) in [4.78, 5) is 0. The van der Waals surface area contributed by atoms with Gasteiger partial charge in [0.25, 0.3) is 8.38 Å². The molecule has 4 aromatic carbocycles. The molecule has 0 spiro atoms. The number of benzene rings is 4. The van der Waals surface area contributed by atoms with Crippen molar-refractivity contribution in [2.45, 2.75) is 0 Å². The first-order valence-electron chi connectivity index (χ1n) is 9.79. The van der Waals surface area contributed by atoms with E-state index in [0.29, 0.717) is 0 Å². The Hall–Kier alpha value is -2.41. The van der Waals surface area contributed by atoms with E-state index in [4.69, 9.17) is 24.8 Å². The fourth-order valence-corrected chi connectivity index (χ4v) is 6.65. The van der Waals surface area contributed by atoms with Crippen LogP contribution in [0.1, 0.15) is 0 Å². The van der Waals surface area contributed by atoms with Crippen LogP contribution in [0.15, 0.2) is 97.1 Å². The topological polar surface area (TPSA) is 27.7 Å². The van der Waals surface area contributed by atoms with Crippen LogP contribution in [0, 0.1) is 0 Å². The maximum atomic E-state index is 6.22. The smallest absolute Gasteiger partial charge is 0.265 e. The molecule has 2 aliphatic heterocycles. The minimum absolute atomic E-state index is 0.886. The van der Waals surface area contributed by atoms with Gasteiger partial charge in [-0.1, -0.05) is 72.8 Å². The molecular weight excluding hydrogens is 446 g/mol. The van der Waals surface area contributed by atoms with E-state index in [2.05, 4.69) is 30.3 Å². The molecule has 0 bridgehead atoms. The van der Waals surface area contributed by atoms with Gasteiger partial charge in [0.2, 0.25) is 7.50 Å². The van der Waals surface area contributed by atoms with Gasteiger partial charge in [0, 0.05) is 23.5 Å². The molecule has 0 radical (unpaired) electrons. The summed E-state index contributed by atoms with van der Waals surface area (Å²) >= 11 is 6.22. The summed E-state index contributed by atoms with van der Waals surface area (Å²) in [6, 6.07) is 32.5. The molecule has 2 unspecified atom stereocenters. The zero-order valence-corrected chi connectivity index (χ0v) is 19.3. The molecule has 6 rings (SSSR count). The van der Waals surface area contributed by atoms with Gasteiger partial charge in [-0.2, -0.15) is 0 Å². The summed E-state index contributed by atoms with van der Waals surface area (Å²) in [5.74, 6) is 1.80. The van der Waals surface area contributed by atoms with Crippen molar-refractivity contribution < 1.29 is 13.6 Å². The standard InChI is InChI=1S/C13H11O2P.C12H8ClOP/c1-14-16-13-9-5-3-7-11(13)10-6-2-4-8-12(10)15-16;13-15-12-8-4-2-6-10(12)9-5-1-3-7-11(9)14-15/h2-9H,1H3;1-8H. The van der Waals surface area contributed by atoms with E-state index in [-0.39, 0.29) is 0 Å². The second-order valence-electron chi connectivity index (χ2n) is 6.89. The van der Waals surface area contributed by atoms with Crippen molar-refractivity contribution in [2.75, 3.05) is 7.11 Å². The van der Waals surface area contributed by atoms with Crippen molar-refractivity contribution in [3.63, 3.8) is 0 Å². The largest absolute Gasteiger partial charge is 0.453 e. The van der Waals surface area contributed by atoms with Crippen molar-refractivity contribution in [3.8, 4) is 33.8 Å². The molecule has 0 saturated carbocycles. The summed E-state index contributed by atoms with van der Waals surface area (Å²) < 4.78 is 17.0. The van der Waals surface area contributed by atoms with Crippen LogP contribution >= 0.6 is 27.1 Å². The molecule has 0 aliphatic carbocycles. The van der Waals surface area contributed by atoms with E-state index >= 15 is 0 Å². The van der Waals surface area contributed by atoms with E-state index in [9.17, 15) is 0 Å². The summed E-state index contributed by atoms with van der Waals surface area (Å²) in [5, 5.41) is 2.26. The molecule has 3 nitrogen and oxygen atoms in total. The van der Waals surface area contributed by atoms with Gasteiger partial charge >= 0.3 is 0 Å². The third-order valence-corrected chi connectivity index (χ3v) is 8.43. The first-order valence-corrected chi connectivity index (χ1v) is 13.1. The number of para-hydroxylation sites is 2. The third-order valence-electron chi connectivity index (χ3n) is 5.07.